The van der Waals surface area contributed by atoms with Gasteiger partial charge in [0.15, 0.2) is 0 Å². The zero-order valence-corrected chi connectivity index (χ0v) is 10.7. The van der Waals surface area contributed by atoms with E-state index in [1.165, 1.54) is 32.4 Å². The summed E-state index contributed by atoms with van der Waals surface area (Å²) in [4.78, 5) is 12.4. The first-order valence-corrected chi connectivity index (χ1v) is 6.43. The van der Waals surface area contributed by atoms with Gasteiger partial charge in [-0.2, -0.15) is 4.99 Å². The predicted octanol–water partition coefficient (Wildman–Crippen LogP) is 1.93. The molecule has 1 fully saturated rings. The lowest BCUT2D eigenvalue weighted by molar-refractivity contribution is 0.212. The van der Waals surface area contributed by atoms with Crippen molar-refractivity contribution in [2.75, 3.05) is 32.8 Å². The summed E-state index contributed by atoms with van der Waals surface area (Å²) < 4.78 is 0. The maximum atomic E-state index is 5.99. The second kappa shape index (κ2) is 5.84. The molecule has 0 aromatic rings. The molecule has 1 saturated heterocycles. The van der Waals surface area contributed by atoms with Crippen LogP contribution in [0.5, 0.6) is 0 Å². The third kappa shape index (κ3) is 3.34. The van der Waals surface area contributed by atoms with Crippen molar-refractivity contribution < 1.29 is 0 Å². The van der Waals surface area contributed by atoms with Crippen LogP contribution >= 0.6 is 23.2 Å². The Labute approximate surface area is 106 Å². The first-order valence-electron chi connectivity index (χ1n) is 5.67. The fraction of sp³-hybridized carbons (Fsp3) is 0.800. The quantitative estimate of drug-likeness (QED) is 0.728. The number of halogens is 2. The van der Waals surface area contributed by atoms with Crippen LogP contribution in [0, 0.1) is 0 Å². The Bertz CT molecular complexity index is 297. The average Bonchev–Trinajstić information content (AvgIpc) is 2.29. The molecule has 0 aliphatic carbocycles. The first kappa shape index (κ1) is 12.1. The molecule has 0 bridgehead atoms. The molecular formula is C10H16Cl2N4. The minimum atomic E-state index is 0.249. The average molecular weight is 263 g/mol. The van der Waals surface area contributed by atoms with E-state index in [2.05, 4.69) is 14.9 Å². The lowest BCUT2D eigenvalue weighted by Crippen LogP contribution is -2.40. The van der Waals surface area contributed by atoms with E-state index < -0.39 is 0 Å². The number of hydrogen-bond donors (Lipinski definition) is 0. The smallest absolute Gasteiger partial charge is 0.222 e. The van der Waals surface area contributed by atoms with Gasteiger partial charge in [-0.05, 0) is 49.1 Å². The fourth-order valence-corrected chi connectivity index (χ4v) is 2.39. The number of likely N-dealkylation sites (tertiary alicyclic amines) is 1. The Morgan fingerprint density at radius 3 is 2.50 bits per heavy atom. The summed E-state index contributed by atoms with van der Waals surface area (Å²) in [5.41, 5.74) is 0. The fourth-order valence-electron chi connectivity index (χ4n) is 1.99. The van der Waals surface area contributed by atoms with Gasteiger partial charge in [0.05, 0.1) is 0 Å². The van der Waals surface area contributed by atoms with Crippen molar-refractivity contribution in [1.82, 2.24) is 9.80 Å². The van der Waals surface area contributed by atoms with Crippen molar-refractivity contribution >= 4 is 33.8 Å². The van der Waals surface area contributed by atoms with Crippen molar-refractivity contribution in [1.29, 1.82) is 0 Å². The molecule has 0 aromatic carbocycles. The molecule has 0 saturated carbocycles. The van der Waals surface area contributed by atoms with Gasteiger partial charge in [0.2, 0.25) is 10.6 Å². The van der Waals surface area contributed by atoms with Crippen LogP contribution in [0.4, 0.5) is 0 Å². The summed E-state index contributed by atoms with van der Waals surface area (Å²) in [5, 5.41) is 0.705. The molecule has 0 spiro atoms. The van der Waals surface area contributed by atoms with Gasteiger partial charge in [-0.25, -0.2) is 4.99 Å². The zero-order valence-electron chi connectivity index (χ0n) is 9.20. The summed E-state index contributed by atoms with van der Waals surface area (Å²) in [5.74, 6) is 0. The monoisotopic (exact) mass is 262 g/mol. The molecule has 2 heterocycles. The molecule has 2 aliphatic rings. The summed E-state index contributed by atoms with van der Waals surface area (Å²) in [6.07, 6.45) is 3.99. The van der Waals surface area contributed by atoms with Crippen LogP contribution in [-0.2, 0) is 0 Å². The molecule has 4 nitrogen and oxygen atoms in total. The van der Waals surface area contributed by atoms with Crippen LogP contribution < -0.4 is 0 Å². The van der Waals surface area contributed by atoms with Gasteiger partial charge in [0, 0.05) is 13.1 Å². The van der Waals surface area contributed by atoms with Crippen LogP contribution in [0.2, 0.25) is 0 Å². The number of hydrogen-bond acceptors (Lipinski definition) is 4. The van der Waals surface area contributed by atoms with E-state index in [9.17, 15) is 0 Å². The molecular weight excluding hydrogens is 247 g/mol. The van der Waals surface area contributed by atoms with Crippen LogP contribution in [0.25, 0.3) is 0 Å². The molecule has 90 valence electrons. The third-order valence-corrected chi connectivity index (χ3v) is 3.48. The highest BCUT2D eigenvalue weighted by atomic mass is 35.5. The maximum absolute atomic E-state index is 5.99. The van der Waals surface area contributed by atoms with Crippen molar-refractivity contribution in [3.8, 4) is 0 Å². The van der Waals surface area contributed by atoms with E-state index in [1.807, 2.05) is 4.90 Å². The molecule has 2 rings (SSSR count). The Morgan fingerprint density at radius 1 is 1.06 bits per heavy atom. The SMILES string of the molecule is ClC1=NCN(CCN2CCCCC2)C(Cl)=N1. The van der Waals surface area contributed by atoms with Crippen molar-refractivity contribution in [3.63, 3.8) is 0 Å². The normalized spacial score (nSPS) is 23.0. The Balaban J connectivity index is 1.76. The molecule has 0 N–H and O–H groups in total. The van der Waals surface area contributed by atoms with Gasteiger partial charge in [-0.15, -0.1) is 0 Å². The number of nitrogens with zero attached hydrogens (tertiary/aromatic N) is 4. The van der Waals surface area contributed by atoms with Gasteiger partial charge < -0.3 is 9.80 Å². The van der Waals surface area contributed by atoms with E-state index >= 15 is 0 Å². The molecule has 6 heteroatoms. The molecule has 0 atom stereocenters. The predicted molar refractivity (Wildman–Crippen MR) is 68.4 cm³/mol. The lowest BCUT2D eigenvalue weighted by Gasteiger charge is -2.30. The van der Waals surface area contributed by atoms with Crippen molar-refractivity contribution in [3.05, 3.63) is 0 Å². The second-order valence-electron chi connectivity index (χ2n) is 4.12. The van der Waals surface area contributed by atoms with E-state index in [4.69, 9.17) is 23.2 Å². The molecule has 2 aliphatic heterocycles. The second-order valence-corrected chi connectivity index (χ2v) is 4.79. The maximum Gasteiger partial charge on any atom is 0.222 e. The number of amidine groups is 2. The van der Waals surface area contributed by atoms with E-state index in [-0.39, 0.29) is 5.29 Å². The van der Waals surface area contributed by atoms with Crippen LogP contribution in [0.1, 0.15) is 19.3 Å². The van der Waals surface area contributed by atoms with E-state index in [0.717, 1.165) is 13.1 Å². The molecule has 0 amide bonds. The summed E-state index contributed by atoms with van der Waals surface area (Å²) in [7, 11) is 0. The van der Waals surface area contributed by atoms with Gasteiger partial charge in [-0.3, -0.25) is 0 Å². The van der Waals surface area contributed by atoms with Gasteiger partial charge in [0.1, 0.15) is 6.67 Å². The highest BCUT2D eigenvalue weighted by Gasteiger charge is 2.16. The third-order valence-electron chi connectivity index (χ3n) is 2.95. The minimum Gasteiger partial charge on any atom is -0.326 e. The van der Waals surface area contributed by atoms with Crippen molar-refractivity contribution in [2.45, 2.75) is 19.3 Å². The minimum absolute atomic E-state index is 0.249. The highest BCUT2D eigenvalue weighted by Crippen LogP contribution is 2.10. The van der Waals surface area contributed by atoms with Gasteiger partial charge in [0.25, 0.3) is 0 Å². The van der Waals surface area contributed by atoms with E-state index in [1.54, 1.807) is 0 Å². The molecule has 16 heavy (non-hydrogen) atoms. The van der Waals surface area contributed by atoms with Crippen molar-refractivity contribution in [2.24, 2.45) is 9.98 Å². The standard InChI is InChI=1S/C10H16Cl2N4/c11-9-13-8-16(10(12)14-9)7-6-15-4-2-1-3-5-15/h1-8H2. The Morgan fingerprint density at radius 2 is 1.81 bits per heavy atom. The largest absolute Gasteiger partial charge is 0.326 e. The number of piperidine rings is 1. The summed E-state index contributed by atoms with van der Waals surface area (Å²) in [6.45, 7) is 4.82. The lowest BCUT2D eigenvalue weighted by atomic mass is 10.1. The highest BCUT2D eigenvalue weighted by molar-refractivity contribution is 6.71. The number of rotatable bonds is 3. The van der Waals surface area contributed by atoms with Gasteiger partial charge in [-0.1, -0.05) is 6.42 Å². The zero-order chi connectivity index (χ0) is 11.4. The Kier molecular flexibility index (Phi) is 4.44. The summed E-state index contributed by atoms with van der Waals surface area (Å²) >= 11 is 11.7. The summed E-state index contributed by atoms with van der Waals surface area (Å²) in [6, 6.07) is 0. The first-order chi connectivity index (χ1) is 7.75. The molecule has 0 radical (unpaired) electrons. The van der Waals surface area contributed by atoms with Crippen LogP contribution in [-0.4, -0.2) is 53.2 Å². The topological polar surface area (TPSA) is 31.2 Å². The van der Waals surface area contributed by atoms with E-state index in [0.29, 0.717) is 12.0 Å². The number of aliphatic imine (C=N–C) groups is 2. The molecule has 0 aromatic heterocycles. The van der Waals surface area contributed by atoms with Crippen LogP contribution in [0.15, 0.2) is 9.98 Å². The van der Waals surface area contributed by atoms with Gasteiger partial charge >= 0.3 is 0 Å². The Hall–Kier alpha value is -0.320. The molecule has 0 unspecified atom stereocenters. The van der Waals surface area contributed by atoms with Crippen LogP contribution in [0.3, 0.4) is 0 Å².